The lowest BCUT2D eigenvalue weighted by Crippen LogP contribution is -2.37. The predicted octanol–water partition coefficient (Wildman–Crippen LogP) is 5.23. The number of nitrogens with one attached hydrogen (secondary N) is 2. The molecule has 196 valence electrons. The van der Waals surface area contributed by atoms with Gasteiger partial charge in [0.15, 0.2) is 17.3 Å². The molecule has 0 spiro atoms. The second-order valence-electron chi connectivity index (χ2n) is 8.61. The van der Waals surface area contributed by atoms with Gasteiger partial charge in [-0.1, -0.05) is 11.6 Å². The molecule has 11 heteroatoms. The minimum Gasteiger partial charge on any atom is -0.490 e. The minimum absolute atomic E-state index is 0.0164. The highest BCUT2D eigenvalue weighted by atomic mass is 35.5. The van der Waals surface area contributed by atoms with Crippen molar-refractivity contribution >= 4 is 28.8 Å². The molecule has 0 saturated carbocycles. The zero-order valence-corrected chi connectivity index (χ0v) is 21.3. The molecule has 2 aromatic carbocycles. The van der Waals surface area contributed by atoms with Crippen molar-refractivity contribution in [3.63, 3.8) is 0 Å². The van der Waals surface area contributed by atoms with E-state index in [1.807, 2.05) is 19.1 Å². The van der Waals surface area contributed by atoms with Crippen LogP contribution >= 0.6 is 11.6 Å². The number of halogens is 2. The summed E-state index contributed by atoms with van der Waals surface area (Å²) in [5.74, 6) is 2.24. The fourth-order valence-electron chi connectivity index (χ4n) is 4.19. The van der Waals surface area contributed by atoms with Gasteiger partial charge in [-0.15, -0.1) is 0 Å². The zero-order chi connectivity index (χ0) is 25.6. The molecule has 0 bridgehead atoms. The number of ether oxygens (including phenoxy) is 4. The highest BCUT2D eigenvalue weighted by Crippen LogP contribution is 2.43. The SMILES string of the molecule is CCOc1cc2c(cc1OCCCN1CCOCC1)CNc1c(Nc3ccc(F)c(Cl)c3)ncnc1O2. The summed E-state index contributed by atoms with van der Waals surface area (Å²) < 4.78 is 37.2. The molecule has 1 saturated heterocycles. The summed E-state index contributed by atoms with van der Waals surface area (Å²) in [7, 11) is 0. The summed E-state index contributed by atoms with van der Waals surface area (Å²) in [5, 5.41) is 6.52. The Bertz CT molecular complexity index is 1240. The Labute approximate surface area is 219 Å². The summed E-state index contributed by atoms with van der Waals surface area (Å²) in [6, 6.07) is 8.14. The number of nitrogens with zero attached hydrogens (tertiary/aromatic N) is 3. The monoisotopic (exact) mass is 529 g/mol. The highest BCUT2D eigenvalue weighted by molar-refractivity contribution is 6.31. The van der Waals surface area contributed by atoms with Gasteiger partial charge < -0.3 is 29.6 Å². The van der Waals surface area contributed by atoms with E-state index in [0.717, 1.165) is 44.8 Å². The topological polar surface area (TPSA) is 90.0 Å². The Kier molecular flexibility index (Phi) is 8.08. The van der Waals surface area contributed by atoms with Crippen LogP contribution < -0.4 is 24.8 Å². The van der Waals surface area contributed by atoms with Crippen LogP contribution in [-0.2, 0) is 11.3 Å². The average molecular weight is 530 g/mol. The molecule has 5 rings (SSSR count). The van der Waals surface area contributed by atoms with Crippen LogP contribution in [0.3, 0.4) is 0 Å². The second-order valence-corrected chi connectivity index (χ2v) is 9.01. The van der Waals surface area contributed by atoms with Gasteiger partial charge in [-0.3, -0.25) is 4.90 Å². The number of benzene rings is 2. The lowest BCUT2D eigenvalue weighted by molar-refractivity contribution is 0.0357. The van der Waals surface area contributed by atoms with Crippen molar-refractivity contribution in [1.82, 2.24) is 14.9 Å². The van der Waals surface area contributed by atoms with Crippen LogP contribution in [0.5, 0.6) is 23.1 Å². The van der Waals surface area contributed by atoms with E-state index in [9.17, 15) is 4.39 Å². The molecule has 0 aliphatic carbocycles. The molecular formula is C26H29ClFN5O4. The van der Waals surface area contributed by atoms with Gasteiger partial charge in [0.1, 0.15) is 23.6 Å². The molecule has 9 nitrogen and oxygen atoms in total. The molecule has 0 radical (unpaired) electrons. The molecule has 2 aliphatic rings. The van der Waals surface area contributed by atoms with Gasteiger partial charge in [-0.2, -0.15) is 4.98 Å². The maximum absolute atomic E-state index is 13.6. The minimum atomic E-state index is -0.491. The van der Waals surface area contributed by atoms with E-state index in [4.69, 9.17) is 30.5 Å². The molecule has 0 atom stereocenters. The van der Waals surface area contributed by atoms with Gasteiger partial charge in [-0.25, -0.2) is 9.37 Å². The van der Waals surface area contributed by atoms with Crippen LogP contribution in [0.4, 0.5) is 21.6 Å². The van der Waals surface area contributed by atoms with E-state index in [1.165, 1.54) is 18.5 Å². The van der Waals surface area contributed by atoms with Crippen molar-refractivity contribution in [3.05, 3.63) is 53.1 Å². The number of hydrogen-bond donors (Lipinski definition) is 2. The fraction of sp³-hybridized carbons (Fsp3) is 0.385. The lowest BCUT2D eigenvalue weighted by atomic mass is 10.1. The molecule has 1 aromatic heterocycles. The van der Waals surface area contributed by atoms with Crippen molar-refractivity contribution in [2.24, 2.45) is 0 Å². The smallest absolute Gasteiger partial charge is 0.248 e. The van der Waals surface area contributed by atoms with Gasteiger partial charge in [0.05, 0.1) is 31.5 Å². The third-order valence-corrected chi connectivity index (χ3v) is 6.35. The first-order valence-electron chi connectivity index (χ1n) is 12.3. The van der Waals surface area contributed by atoms with Gasteiger partial charge >= 0.3 is 0 Å². The molecular weight excluding hydrogens is 501 g/mol. The summed E-state index contributed by atoms with van der Waals surface area (Å²) in [6.07, 6.45) is 2.30. The average Bonchev–Trinajstić information content (AvgIpc) is 3.09. The zero-order valence-electron chi connectivity index (χ0n) is 20.6. The number of hydrogen-bond acceptors (Lipinski definition) is 9. The third kappa shape index (κ3) is 6.15. The molecule has 1 fully saturated rings. The standard InChI is InChI=1S/C26H29ClFN5O4/c1-2-35-23-14-21-17(12-22(23)36-9-3-6-33-7-10-34-11-8-33)15-29-24-25(30-16-31-26(24)37-21)32-18-4-5-20(28)19(27)13-18/h4-5,12-14,16,29H,2-3,6-11,15H2,1H3,(H,30,31,32). The normalized spacial score (nSPS) is 15.0. The van der Waals surface area contributed by atoms with Crippen LogP contribution in [0, 0.1) is 5.82 Å². The molecule has 37 heavy (non-hydrogen) atoms. The van der Waals surface area contributed by atoms with Crippen LogP contribution in [0.1, 0.15) is 18.9 Å². The number of rotatable bonds is 9. The van der Waals surface area contributed by atoms with Gasteiger partial charge in [0.25, 0.3) is 0 Å². The summed E-state index contributed by atoms with van der Waals surface area (Å²) in [6.45, 7) is 7.90. The summed E-state index contributed by atoms with van der Waals surface area (Å²) in [4.78, 5) is 11.0. The second kappa shape index (κ2) is 11.8. The quantitative estimate of drug-likeness (QED) is 0.361. The van der Waals surface area contributed by atoms with Crippen molar-refractivity contribution < 1.29 is 23.3 Å². The summed E-state index contributed by atoms with van der Waals surface area (Å²) in [5.41, 5.74) is 2.05. The number of morpholine rings is 1. The largest absolute Gasteiger partial charge is 0.490 e. The Morgan fingerprint density at radius 1 is 1.14 bits per heavy atom. The van der Waals surface area contributed by atoms with Crippen LogP contribution in [0.25, 0.3) is 0 Å². The molecule has 0 unspecified atom stereocenters. The lowest BCUT2D eigenvalue weighted by Gasteiger charge is -2.26. The Balaban J connectivity index is 1.31. The molecule has 3 aromatic rings. The third-order valence-electron chi connectivity index (χ3n) is 6.06. The number of anilines is 3. The maximum atomic E-state index is 13.6. The Morgan fingerprint density at radius 3 is 2.78 bits per heavy atom. The van der Waals surface area contributed by atoms with E-state index in [2.05, 4.69) is 25.5 Å². The van der Waals surface area contributed by atoms with E-state index < -0.39 is 5.82 Å². The van der Waals surface area contributed by atoms with Crippen molar-refractivity contribution in [1.29, 1.82) is 0 Å². The number of aromatic nitrogens is 2. The molecule has 2 aliphatic heterocycles. The Hall–Kier alpha value is -3.34. The molecule has 3 heterocycles. The van der Waals surface area contributed by atoms with E-state index in [1.54, 1.807) is 6.07 Å². The van der Waals surface area contributed by atoms with Crippen molar-refractivity contribution in [2.45, 2.75) is 19.9 Å². The fourth-order valence-corrected chi connectivity index (χ4v) is 4.37. The van der Waals surface area contributed by atoms with Crippen molar-refractivity contribution in [2.75, 3.05) is 56.7 Å². The molecule has 0 amide bonds. The predicted molar refractivity (Wildman–Crippen MR) is 139 cm³/mol. The van der Waals surface area contributed by atoms with E-state index in [-0.39, 0.29) is 5.02 Å². The van der Waals surface area contributed by atoms with Gasteiger partial charge in [0.2, 0.25) is 5.88 Å². The maximum Gasteiger partial charge on any atom is 0.248 e. The Morgan fingerprint density at radius 2 is 1.97 bits per heavy atom. The van der Waals surface area contributed by atoms with E-state index in [0.29, 0.717) is 60.1 Å². The highest BCUT2D eigenvalue weighted by Gasteiger charge is 2.22. The summed E-state index contributed by atoms with van der Waals surface area (Å²) >= 11 is 5.93. The van der Waals surface area contributed by atoms with Crippen LogP contribution in [-0.4, -0.2) is 60.9 Å². The van der Waals surface area contributed by atoms with E-state index >= 15 is 0 Å². The van der Waals surface area contributed by atoms with Crippen LogP contribution in [0.15, 0.2) is 36.7 Å². The van der Waals surface area contributed by atoms with Crippen molar-refractivity contribution in [3.8, 4) is 23.1 Å². The first kappa shape index (κ1) is 25.3. The molecule has 2 N–H and O–H groups in total. The first-order valence-corrected chi connectivity index (χ1v) is 12.7. The van der Waals surface area contributed by atoms with Gasteiger partial charge in [-0.05, 0) is 37.6 Å². The first-order chi connectivity index (χ1) is 18.1. The number of fused-ring (bicyclic) bond motifs is 2. The van der Waals surface area contributed by atoms with Gasteiger partial charge in [0, 0.05) is 43.5 Å². The van der Waals surface area contributed by atoms with Crippen LogP contribution in [0.2, 0.25) is 5.02 Å².